The van der Waals surface area contributed by atoms with Crippen molar-refractivity contribution in [2.75, 3.05) is 6.61 Å². The molecule has 0 saturated carbocycles. The molecule has 0 aliphatic rings. The minimum atomic E-state index is 0.288. The second-order valence-corrected chi connectivity index (χ2v) is 3.89. The van der Waals surface area contributed by atoms with Crippen LogP contribution in [0.15, 0.2) is 24.5 Å². The topological polar surface area (TPSA) is 27.1 Å². The predicted octanol–water partition coefficient (Wildman–Crippen LogP) is 2.63. The van der Waals surface area contributed by atoms with E-state index in [2.05, 4.69) is 29.3 Å². The molecule has 0 aliphatic carbocycles. The number of imidazole rings is 1. The summed E-state index contributed by atoms with van der Waals surface area (Å²) >= 11 is 0. The molecule has 0 saturated heterocycles. The summed E-state index contributed by atoms with van der Waals surface area (Å²) in [5, 5.41) is 0. The third-order valence-corrected chi connectivity index (χ3v) is 2.42. The van der Waals surface area contributed by atoms with Gasteiger partial charge in [-0.05, 0) is 26.0 Å². The molecule has 16 heavy (non-hydrogen) atoms. The molecule has 0 N–H and O–H groups in total. The predicted molar refractivity (Wildman–Crippen MR) is 64.4 cm³/mol. The molecule has 1 aromatic heterocycles. The van der Waals surface area contributed by atoms with Gasteiger partial charge in [-0.1, -0.05) is 5.92 Å². The normalized spacial score (nSPS) is 10.6. The van der Waals surface area contributed by atoms with Crippen LogP contribution in [0.4, 0.5) is 0 Å². The number of ether oxygens (including phenoxy) is 1. The molecule has 0 spiro atoms. The van der Waals surface area contributed by atoms with E-state index in [1.165, 1.54) is 0 Å². The van der Waals surface area contributed by atoms with Gasteiger partial charge in [0.25, 0.3) is 0 Å². The minimum Gasteiger partial charge on any atom is -0.481 e. The van der Waals surface area contributed by atoms with Crippen molar-refractivity contribution in [3.63, 3.8) is 0 Å². The van der Waals surface area contributed by atoms with Crippen LogP contribution < -0.4 is 4.74 Å². The standard InChI is InChI=1S/C13H14N2O/c1-4-7-16-11-5-6-13-12(8-11)14-9-15(13)10(2)3/h1,5-6,8-10H,7H2,2-3H3. The molecule has 0 bridgehead atoms. The van der Waals surface area contributed by atoms with Gasteiger partial charge in [0.15, 0.2) is 0 Å². The van der Waals surface area contributed by atoms with Gasteiger partial charge in [-0.15, -0.1) is 6.42 Å². The van der Waals surface area contributed by atoms with Crippen LogP contribution >= 0.6 is 0 Å². The van der Waals surface area contributed by atoms with Gasteiger partial charge in [-0.25, -0.2) is 4.98 Å². The maximum absolute atomic E-state index is 5.35. The second kappa shape index (κ2) is 4.28. The highest BCUT2D eigenvalue weighted by Gasteiger charge is 2.06. The Morgan fingerprint density at radius 1 is 1.50 bits per heavy atom. The Morgan fingerprint density at radius 3 is 3.00 bits per heavy atom. The molecule has 2 aromatic rings. The van der Waals surface area contributed by atoms with Crippen LogP contribution in [0.25, 0.3) is 11.0 Å². The first-order valence-corrected chi connectivity index (χ1v) is 5.25. The van der Waals surface area contributed by atoms with E-state index in [1.54, 1.807) is 0 Å². The fourth-order valence-electron chi connectivity index (χ4n) is 1.64. The molecule has 1 aromatic carbocycles. The van der Waals surface area contributed by atoms with E-state index in [1.807, 2.05) is 24.5 Å². The molecule has 3 heteroatoms. The molecule has 0 atom stereocenters. The Hall–Kier alpha value is -1.95. The first kappa shape index (κ1) is 10.6. The molecular weight excluding hydrogens is 200 g/mol. The molecule has 3 nitrogen and oxygen atoms in total. The number of rotatable bonds is 3. The van der Waals surface area contributed by atoms with Crippen LogP contribution in [0.5, 0.6) is 5.75 Å². The van der Waals surface area contributed by atoms with E-state index in [-0.39, 0.29) is 6.61 Å². The van der Waals surface area contributed by atoms with Gasteiger partial charge in [-0.2, -0.15) is 0 Å². The number of benzene rings is 1. The number of aromatic nitrogens is 2. The number of nitrogens with zero attached hydrogens (tertiary/aromatic N) is 2. The zero-order valence-electron chi connectivity index (χ0n) is 9.47. The number of hydrogen-bond acceptors (Lipinski definition) is 2. The summed E-state index contributed by atoms with van der Waals surface area (Å²) in [7, 11) is 0. The van der Waals surface area contributed by atoms with Crippen molar-refractivity contribution in [1.82, 2.24) is 9.55 Å². The van der Waals surface area contributed by atoms with E-state index < -0.39 is 0 Å². The largest absolute Gasteiger partial charge is 0.481 e. The van der Waals surface area contributed by atoms with Gasteiger partial charge in [0.2, 0.25) is 0 Å². The summed E-state index contributed by atoms with van der Waals surface area (Å²) in [6.07, 6.45) is 6.99. The van der Waals surface area contributed by atoms with Gasteiger partial charge in [0.05, 0.1) is 17.4 Å². The molecule has 0 fully saturated rings. The second-order valence-electron chi connectivity index (χ2n) is 3.89. The number of terminal acetylenes is 1. The molecule has 1 heterocycles. The van der Waals surface area contributed by atoms with Crippen LogP contribution in [0.2, 0.25) is 0 Å². The molecule has 82 valence electrons. The van der Waals surface area contributed by atoms with Gasteiger partial charge >= 0.3 is 0 Å². The van der Waals surface area contributed by atoms with E-state index in [0.717, 1.165) is 16.8 Å². The lowest BCUT2D eigenvalue weighted by atomic mass is 10.3. The molecular formula is C13H14N2O. The lowest BCUT2D eigenvalue weighted by molar-refractivity contribution is 0.371. The van der Waals surface area contributed by atoms with Gasteiger partial charge < -0.3 is 9.30 Å². The minimum absolute atomic E-state index is 0.288. The molecule has 2 rings (SSSR count). The third-order valence-electron chi connectivity index (χ3n) is 2.42. The number of fused-ring (bicyclic) bond motifs is 1. The van der Waals surface area contributed by atoms with E-state index >= 15 is 0 Å². The Morgan fingerprint density at radius 2 is 2.31 bits per heavy atom. The van der Waals surface area contributed by atoms with Crippen LogP contribution in [0.3, 0.4) is 0 Å². The molecule has 0 aliphatic heterocycles. The van der Waals surface area contributed by atoms with Crippen molar-refractivity contribution < 1.29 is 4.74 Å². The summed E-state index contributed by atoms with van der Waals surface area (Å²) in [5.41, 5.74) is 2.05. The average Bonchev–Trinajstić information content (AvgIpc) is 2.69. The third kappa shape index (κ3) is 1.87. The van der Waals surface area contributed by atoms with Gasteiger partial charge in [-0.3, -0.25) is 0 Å². The zero-order valence-corrected chi connectivity index (χ0v) is 9.47. The van der Waals surface area contributed by atoms with Gasteiger partial charge in [0, 0.05) is 12.1 Å². The molecule has 0 amide bonds. The van der Waals surface area contributed by atoms with Crippen molar-refractivity contribution in [2.45, 2.75) is 19.9 Å². The fourth-order valence-corrected chi connectivity index (χ4v) is 1.64. The monoisotopic (exact) mass is 214 g/mol. The van der Waals surface area contributed by atoms with E-state index in [4.69, 9.17) is 11.2 Å². The maximum Gasteiger partial charge on any atom is 0.148 e. The quantitative estimate of drug-likeness (QED) is 0.734. The molecule has 0 unspecified atom stereocenters. The highest BCUT2D eigenvalue weighted by atomic mass is 16.5. The highest BCUT2D eigenvalue weighted by molar-refractivity contribution is 5.77. The highest BCUT2D eigenvalue weighted by Crippen LogP contribution is 2.22. The maximum atomic E-state index is 5.35. The molecule has 0 radical (unpaired) electrons. The summed E-state index contributed by atoms with van der Waals surface area (Å²) in [6.45, 7) is 4.55. The van der Waals surface area contributed by atoms with E-state index in [9.17, 15) is 0 Å². The van der Waals surface area contributed by atoms with Crippen LogP contribution in [0.1, 0.15) is 19.9 Å². The summed E-state index contributed by atoms with van der Waals surface area (Å²) in [5.74, 6) is 3.20. The SMILES string of the molecule is C#CCOc1ccc2c(c1)ncn2C(C)C. The lowest BCUT2D eigenvalue weighted by Crippen LogP contribution is -1.98. The van der Waals surface area contributed by atoms with Crippen molar-refractivity contribution in [1.29, 1.82) is 0 Å². The summed E-state index contributed by atoms with van der Waals surface area (Å²) in [6, 6.07) is 6.24. The van der Waals surface area contributed by atoms with Crippen molar-refractivity contribution >= 4 is 11.0 Å². The van der Waals surface area contributed by atoms with Gasteiger partial charge in [0.1, 0.15) is 12.4 Å². The number of hydrogen-bond donors (Lipinski definition) is 0. The first-order chi connectivity index (χ1) is 7.72. The van der Waals surface area contributed by atoms with Crippen LogP contribution in [0, 0.1) is 12.3 Å². The summed E-state index contributed by atoms with van der Waals surface area (Å²) in [4.78, 5) is 4.34. The van der Waals surface area contributed by atoms with Crippen molar-refractivity contribution in [3.05, 3.63) is 24.5 Å². The lowest BCUT2D eigenvalue weighted by Gasteiger charge is -2.08. The Balaban J connectivity index is 2.38. The zero-order chi connectivity index (χ0) is 11.5. The van der Waals surface area contributed by atoms with E-state index in [0.29, 0.717) is 6.04 Å². The Kier molecular flexibility index (Phi) is 2.82. The van der Waals surface area contributed by atoms with Crippen molar-refractivity contribution in [3.8, 4) is 18.1 Å². The van der Waals surface area contributed by atoms with Crippen molar-refractivity contribution in [2.24, 2.45) is 0 Å². The first-order valence-electron chi connectivity index (χ1n) is 5.25. The average molecular weight is 214 g/mol. The smallest absolute Gasteiger partial charge is 0.148 e. The Bertz CT molecular complexity index is 534. The summed E-state index contributed by atoms with van der Waals surface area (Å²) < 4.78 is 7.47. The fraction of sp³-hybridized carbons (Fsp3) is 0.308. The Labute approximate surface area is 95.1 Å². The van der Waals surface area contributed by atoms with Crippen LogP contribution in [-0.4, -0.2) is 16.2 Å². The van der Waals surface area contributed by atoms with Crippen LogP contribution in [-0.2, 0) is 0 Å².